The van der Waals surface area contributed by atoms with Gasteiger partial charge in [-0.3, -0.25) is 4.79 Å². The van der Waals surface area contributed by atoms with Gasteiger partial charge in [-0.25, -0.2) is 0 Å². The third kappa shape index (κ3) is 3.35. The van der Waals surface area contributed by atoms with Crippen LogP contribution in [0.3, 0.4) is 0 Å². The number of carbonyl (C=O) groups is 1. The Balaban J connectivity index is 1.80. The number of Topliss-reactive ketones (excluding diaryl/α,β-unsaturated/α-hetero) is 1. The Morgan fingerprint density at radius 2 is 1.76 bits per heavy atom. The molecule has 0 aromatic heterocycles. The van der Waals surface area contributed by atoms with E-state index in [-0.39, 0.29) is 5.78 Å². The quantitative estimate of drug-likeness (QED) is 0.281. The Bertz CT molecular complexity index is 1360. The molecule has 3 aromatic carbocycles. The van der Waals surface area contributed by atoms with Gasteiger partial charge in [0.15, 0.2) is 11.2 Å². The lowest BCUT2D eigenvalue weighted by molar-refractivity contribution is 0.0951. The maximum atomic E-state index is 14.1. The zero-order valence-corrected chi connectivity index (χ0v) is 20.2. The predicted octanol–water partition coefficient (Wildman–Crippen LogP) is 6.23. The lowest BCUT2D eigenvalue weighted by Gasteiger charge is -2.35. The van der Waals surface area contributed by atoms with Gasteiger partial charge >= 0.3 is 0 Å². The predicted molar refractivity (Wildman–Crippen MR) is 137 cm³/mol. The number of nitrogens with zero attached hydrogens (tertiary/aromatic N) is 3. The lowest BCUT2D eigenvalue weighted by Crippen LogP contribution is -2.44. The Morgan fingerprint density at radius 3 is 2.45 bits per heavy atom. The highest BCUT2D eigenvalue weighted by Crippen LogP contribution is 2.55. The van der Waals surface area contributed by atoms with E-state index >= 15 is 0 Å². The summed E-state index contributed by atoms with van der Waals surface area (Å²) in [6.45, 7) is 0. The zero-order valence-electron chi connectivity index (χ0n) is 17.3. The molecule has 0 bridgehead atoms. The molecule has 1 saturated heterocycles. The minimum absolute atomic E-state index is 0.118. The molecule has 33 heavy (non-hydrogen) atoms. The summed E-state index contributed by atoms with van der Waals surface area (Å²) in [6, 6.07) is 25.7. The largest absolute Gasteiger partial charge is 0.351 e. The fourth-order valence-electron chi connectivity index (χ4n) is 5.11. The highest BCUT2D eigenvalue weighted by Gasteiger charge is 2.63. The average Bonchev–Trinajstić information content (AvgIpc) is 3.14. The van der Waals surface area contributed by atoms with E-state index in [1.807, 2.05) is 71.6 Å². The third-order valence-corrected chi connectivity index (χ3v) is 7.41. The minimum atomic E-state index is -1.45. The normalized spacial score (nSPS) is 22.1. The second-order valence-corrected chi connectivity index (χ2v) is 9.90. The topological polar surface area (TPSA) is 67.9 Å². The molecule has 5 rings (SSSR count). The molecule has 4 nitrogen and oxygen atoms in total. The monoisotopic (exact) mass is 561 g/mol. The van der Waals surface area contributed by atoms with Crippen molar-refractivity contribution in [2.45, 2.75) is 18.0 Å². The van der Waals surface area contributed by atoms with E-state index in [2.05, 4.69) is 34.7 Å². The molecule has 0 aliphatic carbocycles. The van der Waals surface area contributed by atoms with Crippen LogP contribution in [0.1, 0.15) is 27.4 Å². The SMILES string of the molecule is N#CC1(C#N)[C@H](c2cccc(I)c2)[C@H](C(=O)c2ccccc2)N2c3ccc(Cl)cc3C=C[C@@H]21. The zero-order chi connectivity index (χ0) is 23.2. The van der Waals surface area contributed by atoms with Crippen molar-refractivity contribution in [3.8, 4) is 12.1 Å². The van der Waals surface area contributed by atoms with E-state index in [0.29, 0.717) is 10.6 Å². The summed E-state index contributed by atoms with van der Waals surface area (Å²) in [5.41, 5.74) is 1.56. The lowest BCUT2D eigenvalue weighted by atomic mass is 9.69. The Morgan fingerprint density at radius 1 is 1.00 bits per heavy atom. The molecule has 2 heterocycles. The number of fused-ring (bicyclic) bond motifs is 3. The molecule has 2 aliphatic heterocycles. The van der Waals surface area contributed by atoms with Crippen molar-refractivity contribution in [1.29, 1.82) is 10.5 Å². The highest BCUT2D eigenvalue weighted by molar-refractivity contribution is 14.1. The van der Waals surface area contributed by atoms with Crippen molar-refractivity contribution in [2.75, 3.05) is 4.90 Å². The smallest absolute Gasteiger partial charge is 0.185 e. The van der Waals surface area contributed by atoms with Crippen LogP contribution in [0.15, 0.2) is 78.9 Å². The maximum Gasteiger partial charge on any atom is 0.185 e. The molecule has 0 saturated carbocycles. The molecule has 0 unspecified atom stereocenters. The van der Waals surface area contributed by atoms with Crippen molar-refractivity contribution in [1.82, 2.24) is 0 Å². The van der Waals surface area contributed by atoms with Crippen LogP contribution in [0, 0.1) is 31.6 Å². The molecule has 160 valence electrons. The van der Waals surface area contributed by atoms with Gasteiger partial charge in [-0.2, -0.15) is 10.5 Å². The van der Waals surface area contributed by atoms with Crippen molar-refractivity contribution < 1.29 is 4.79 Å². The van der Waals surface area contributed by atoms with E-state index in [4.69, 9.17) is 11.6 Å². The molecule has 3 aromatic rings. The first-order valence-corrected chi connectivity index (χ1v) is 11.9. The standard InChI is InChI=1S/C27H17ClIN3O/c28-20-10-11-22-18(13-20)9-12-23-27(15-30,16-31)24(19-7-4-8-21(29)14-19)25(32(22)23)26(33)17-5-2-1-3-6-17/h1-14,23-25H/t23-,24-,25-/m1/s1. The van der Waals surface area contributed by atoms with Gasteiger partial charge in [-0.1, -0.05) is 66.2 Å². The van der Waals surface area contributed by atoms with Gasteiger partial charge in [-0.05, 0) is 64.0 Å². The van der Waals surface area contributed by atoms with Crippen LogP contribution in [0.5, 0.6) is 0 Å². The van der Waals surface area contributed by atoms with Crippen LogP contribution in [-0.4, -0.2) is 17.9 Å². The third-order valence-electron chi connectivity index (χ3n) is 6.50. The fraction of sp³-hybridized carbons (Fsp3) is 0.148. The molecule has 0 amide bonds. The van der Waals surface area contributed by atoms with Crippen LogP contribution in [0.25, 0.3) is 6.08 Å². The minimum Gasteiger partial charge on any atom is -0.351 e. The molecule has 6 heteroatoms. The molecular weight excluding hydrogens is 545 g/mol. The molecule has 2 aliphatic rings. The number of hydrogen-bond donors (Lipinski definition) is 0. The van der Waals surface area contributed by atoms with Gasteiger partial charge in [0.1, 0.15) is 6.04 Å². The van der Waals surface area contributed by atoms with Gasteiger partial charge in [-0.15, -0.1) is 0 Å². The fourth-order valence-corrected chi connectivity index (χ4v) is 5.86. The van der Waals surface area contributed by atoms with Crippen LogP contribution in [-0.2, 0) is 0 Å². The molecule has 3 atom stereocenters. The number of anilines is 1. The number of carbonyl (C=O) groups excluding carboxylic acids is 1. The Kier molecular flexibility index (Phi) is 5.48. The summed E-state index contributed by atoms with van der Waals surface area (Å²) in [7, 11) is 0. The molecule has 0 radical (unpaired) electrons. The van der Waals surface area contributed by atoms with E-state index < -0.39 is 23.4 Å². The average molecular weight is 562 g/mol. The summed E-state index contributed by atoms with van der Waals surface area (Å²) in [6.07, 6.45) is 3.76. The molecule has 0 N–H and O–H groups in total. The first-order valence-electron chi connectivity index (χ1n) is 10.4. The van der Waals surface area contributed by atoms with E-state index in [1.165, 1.54) is 0 Å². The maximum absolute atomic E-state index is 14.1. The highest BCUT2D eigenvalue weighted by atomic mass is 127. The van der Waals surface area contributed by atoms with Crippen molar-refractivity contribution >= 4 is 51.7 Å². The number of benzene rings is 3. The molecular formula is C27H17ClIN3O. The van der Waals surface area contributed by atoms with E-state index in [0.717, 1.165) is 20.4 Å². The van der Waals surface area contributed by atoms with Gasteiger partial charge < -0.3 is 4.90 Å². The number of hydrogen-bond acceptors (Lipinski definition) is 4. The van der Waals surface area contributed by atoms with Crippen molar-refractivity contribution in [3.05, 3.63) is 104 Å². The van der Waals surface area contributed by atoms with Crippen LogP contribution in [0.4, 0.5) is 5.69 Å². The van der Waals surface area contributed by atoms with Crippen LogP contribution >= 0.6 is 34.2 Å². The van der Waals surface area contributed by atoms with Gasteiger partial charge in [0.05, 0.1) is 18.2 Å². The van der Waals surface area contributed by atoms with Gasteiger partial charge in [0.25, 0.3) is 0 Å². The number of rotatable bonds is 3. The molecule has 1 fully saturated rings. The first kappa shape index (κ1) is 21.7. The number of ketones is 1. The Hall–Kier alpha value is -3.13. The van der Waals surface area contributed by atoms with Crippen molar-refractivity contribution in [3.63, 3.8) is 0 Å². The van der Waals surface area contributed by atoms with Gasteiger partial charge in [0.2, 0.25) is 0 Å². The summed E-state index contributed by atoms with van der Waals surface area (Å²) in [4.78, 5) is 16.0. The number of halogens is 2. The van der Waals surface area contributed by atoms with E-state index in [9.17, 15) is 15.3 Å². The van der Waals surface area contributed by atoms with Crippen LogP contribution in [0.2, 0.25) is 5.02 Å². The van der Waals surface area contributed by atoms with Gasteiger partial charge in [0, 0.05) is 25.8 Å². The summed E-state index contributed by atoms with van der Waals surface area (Å²) in [5.74, 6) is -0.765. The van der Waals surface area contributed by atoms with Crippen molar-refractivity contribution in [2.24, 2.45) is 5.41 Å². The number of nitriles is 2. The Labute approximate surface area is 210 Å². The second kappa shape index (κ2) is 8.33. The summed E-state index contributed by atoms with van der Waals surface area (Å²) in [5, 5.41) is 21.5. The van der Waals surface area contributed by atoms with E-state index in [1.54, 1.807) is 18.2 Å². The second-order valence-electron chi connectivity index (χ2n) is 8.21. The van der Waals surface area contributed by atoms with Crippen LogP contribution < -0.4 is 4.90 Å². The first-order chi connectivity index (χ1) is 16.0. The summed E-state index contributed by atoms with van der Waals surface area (Å²) < 4.78 is 0.980. The summed E-state index contributed by atoms with van der Waals surface area (Å²) >= 11 is 8.46. The molecule has 0 spiro atoms.